The lowest BCUT2D eigenvalue weighted by molar-refractivity contribution is -0.141. The van der Waals surface area contributed by atoms with Gasteiger partial charge in [0.25, 0.3) is 5.91 Å². The summed E-state index contributed by atoms with van der Waals surface area (Å²) >= 11 is 1.41. The van der Waals surface area contributed by atoms with Crippen molar-refractivity contribution in [2.45, 2.75) is 26.8 Å². The summed E-state index contributed by atoms with van der Waals surface area (Å²) in [6.45, 7) is 4.08. The van der Waals surface area contributed by atoms with Gasteiger partial charge in [-0.2, -0.15) is 4.99 Å². The fourth-order valence-electron chi connectivity index (χ4n) is 3.51. The van der Waals surface area contributed by atoms with Crippen molar-refractivity contribution in [2.24, 2.45) is 4.99 Å². The molecule has 0 unspecified atom stereocenters. The van der Waals surface area contributed by atoms with Crippen molar-refractivity contribution in [2.75, 3.05) is 7.11 Å². The number of aromatic nitrogens is 1. The zero-order valence-corrected chi connectivity index (χ0v) is 18.0. The van der Waals surface area contributed by atoms with Crippen LogP contribution in [0.15, 0.2) is 59.6 Å². The molecule has 30 heavy (non-hydrogen) atoms. The molecule has 6 heteroatoms. The van der Waals surface area contributed by atoms with Crippen molar-refractivity contribution in [1.82, 2.24) is 4.57 Å². The number of hydrogen-bond donors (Lipinski definition) is 0. The van der Waals surface area contributed by atoms with Crippen molar-refractivity contribution in [3.8, 4) is 0 Å². The maximum atomic E-state index is 12.9. The third kappa shape index (κ3) is 3.91. The van der Waals surface area contributed by atoms with Crippen LogP contribution < -0.4 is 4.80 Å². The SMILES string of the molecule is COC(=O)Cn1c(=NC(=O)Cc2cccc3ccccc23)sc2cc(C)c(C)cc21. The van der Waals surface area contributed by atoms with Crippen LogP contribution >= 0.6 is 11.3 Å². The van der Waals surface area contributed by atoms with Crippen LogP contribution in [-0.4, -0.2) is 23.6 Å². The number of esters is 1. The zero-order valence-electron chi connectivity index (χ0n) is 17.1. The molecule has 0 N–H and O–H groups in total. The minimum atomic E-state index is -0.379. The molecule has 3 aromatic carbocycles. The number of methoxy groups -OCH3 is 1. The van der Waals surface area contributed by atoms with Crippen LogP contribution in [0.4, 0.5) is 0 Å². The molecule has 5 nitrogen and oxygen atoms in total. The summed E-state index contributed by atoms with van der Waals surface area (Å²) < 4.78 is 7.60. The Hall–Kier alpha value is -3.25. The number of benzene rings is 3. The fourth-order valence-corrected chi connectivity index (χ4v) is 4.64. The van der Waals surface area contributed by atoms with E-state index in [9.17, 15) is 9.59 Å². The van der Waals surface area contributed by atoms with Gasteiger partial charge in [0.2, 0.25) is 0 Å². The van der Waals surface area contributed by atoms with Crippen LogP contribution in [0.2, 0.25) is 0 Å². The van der Waals surface area contributed by atoms with Gasteiger partial charge in [-0.3, -0.25) is 9.59 Å². The Kier molecular flexibility index (Phi) is 5.50. The van der Waals surface area contributed by atoms with E-state index < -0.39 is 0 Å². The molecule has 4 rings (SSSR count). The second-order valence-corrected chi connectivity index (χ2v) is 8.28. The van der Waals surface area contributed by atoms with E-state index in [1.54, 1.807) is 4.57 Å². The Morgan fingerprint density at radius 2 is 1.77 bits per heavy atom. The number of hydrogen-bond acceptors (Lipinski definition) is 4. The Labute approximate surface area is 178 Å². The van der Waals surface area contributed by atoms with Gasteiger partial charge in [0.1, 0.15) is 6.54 Å². The number of nitrogens with zero attached hydrogens (tertiary/aromatic N) is 2. The second kappa shape index (κ2) is 8.24. The topological polar surface area (TPSA) is 60.7 Å². The highest BCUT2D eigenvalue weighted by Gasteiger charge is 2.13. The molecule has 0 fully saturated rings. The Morgan fingerprint density at radius 1 is 1.03 bits per heavy atom. The lowest BCUT2D eigenvalue weighted by Gasteiger charge is -2.06. The molecule has 0 spiro atoms. The summed E-state index contributed by atoms with van der Waals surface area (Å²) in [7, 11) is 1.36. The number of rotatable bonds is 4. The maximum absolute atomic E-state index is 12.9. The highest BCUT2D eigenvalue weighted by molar-refractivity contribution is 7.16. The number of carbonyl (C=O) groups is 2. The molecule has 4 aromatic rings. The summed E-state index contributed by atoms with van der Waals surface area (Å²) in [4.78, 5) is 29.7. The first-order valence-corrected chi connectivity index (χ1v) is 10.5. The molecule has 0 bridgehead atoms. The van der Waals surface area contributed by atoms with Crippen LogP contribution in [0.5, 0.6) is 0 Å². The average Bonchev–Trinajstić information content (AvgIpc) is 3.04. The molecule has 0 saturated carbocycles. The predicted molar refractivity (Wildman–Crippen MR) is 120 cm³/mol. The standard InChI is InChI=1S/C24H22N2O3S/c1-15-11-20-21(12-16(15)2)30-24(26(20)14-23(28)29-3)25-22(27)13-18-9-6-8-17-7-4-5-10-19(17)18/h4-12H,13-14H2,1-3H3. The van der Waals surface area contributed by atoms with E-state index in [2.05, 4.69) is 11.1 Å². The first-order chi connectivity index (χ1) is 14.5. The van der Waals surface area contributed by atoms with Gasteiger partial charge in [0.15, 0.2) is 4.80 Å². The molecular weight excluding hydrogens is 396 g/mol. The summed E-state index contributed by atoms with van der Waals surface area (Å²) in [6, 6.07) is 18.0. The van der Waals surface area contributed by atoms with Crippen molar-refractivity contribution in [1.29, 1.82) is 0 Å². The van der Waals surface area contributed by atoms with E-state index in [0.717, 1.165) is 37.7 Å². The van der Waals surface area contributed by atoms with Crippen LogP contribution in [0.3, 0.4) is 0 Å². The maximum Gasteiger partial charge on any atom is 0.325 e. The average molecular weight is 419 g/mol. The van der Waals surface area contributed by atoms with E-state index in [1.807, 2.05) is 62.4 Å². The number of aryl methyl sites for hydroxylation is 2. The molecule has 1 aromatic heterocycles. The van der Waals surface area contributed by atoms with E-state index in [0.29, 0.717) is 4.80 Å². The number of amides is 1. The van der Waals surface area contributed by atoms with E-state index >= 15 is 0 Å². The first kappa shape index (κ1) is 20.0. The van der Waals surface area contributed by atoms with Gasteiger partial charge >= 0.3 is 5.97 Å². The van der Waals surface area contributed by atoms with E-state index in [-0.39, 0.29) is 24.8 Å². The first-order valence-electron chi connectivity index (χ1n) is 9.68. The van der Waals surface area contributed by atoms with Crippen LogP contribution in [-0.2, 0) is 27.3 Å². The Bertz CT molecular complexity index is 1340. The third-order valence-corrected chi connectivity index (χ3v) is 6.30. The Morgan fingerprint density at radius 3 is 2.57 bits per heavy atom. The quantitative estimate of drug-likeness (QED) is 0.464. The molecule has 0 radical (unpaired) electrons. The van der Waals surface area contributed by atoms with Gasteiger partial charge in [0.05, 0.1) is 23.7 Å². The largest absolute Gasteiger partial charge is 0.468 e. The van der Waals surface area contributed by atoms with E-state index in [4.69, 9.17) is 4.74 Å². The number of carbonyl (C=O) groups excluding carboxylic acids is 2. The molecule has 0 saturated heterocycles. The van der Waals surface area contributed by atoms with Crippen molar-refractivity contribution in [3.05, 3.63) is 76.1 Å². The van der Waals surface area contributed by atoms with Gasteiger partial charge < -0.3 is 9.30 Å². The molecule has 0 aliphatic carbocycles. The summed E-state index contributed by atoms with van der Waals surface area (Å²) in [5, 5.41) is 2.14. The van der Waals surface area contributed by atoms with Gasteiger partial charge in [-0.25, -0.2) is 0 Å². The number of fused-ring (bicyclic) bond motifs is 2. The van der Waals surface area contributed by atoms with Crippen LogP contribution in [0.25, 0.3) is 21.0 Å². The van der Waals surface area contributed by atoms with Crippen LogP contribution in [0.1, 0.15) is 16.7 Å². The smallest absolute Gasteiger partial charge is 0.325 e. The molecule has 0 aliphatic heterocycles. The number of thiazole rings is 1. The van der Waals surface area contributed by atoms with Gasteiger partial charge in [-0.1, -0.05) is 53.8 Å². The highest BCUT2D eigenvalue weighted by atomic mass is 32.1. The highest BCUT2D eigenvalue weighted by Crippen LogP contribution is 2.23. The van der Waals surface area contributed by atoms with Crippen LogP contribution in [0, 0.1) is 13.8 Å². The van der Waals surface area contributed by atoms with Crippen molar-refractivity contribution in [3.63, 3.8) is 0 Å². The molecular formula is C24H22N2O3S. The summed E-state index contributed by atoms with van der Waals surface area (Å²) in [5.74, 6) is -0.624. The molecule has 1 heterocycles. The van der Waals surface area contributed by atoms with Gasteiger partial charge in [-0.15, -0.1) is 0 Å². The lowest BCUT2D eigenvalue weighted by atomic mass is 10.0. The monoisotopic (exact) mass is 418 g/mol. The molecule has 0 aliphatic rings. The molecule has 0 atom stereocenters. The van der Waals surface area contributed by atoms with Crippen molar-refractivity contribution >= 4 is 44.2 Å². The van der Waals surface area contributed by atoms with Gasteiger partial charge in [0, 0.05) is 0 Å². The minimum Gasteiger partial charge on any atom is -0.468 e. The fraction of sp³-hybridized carbons (Fsp3) is 0.208. The van der Waals surface area contributed by atoms with Crippen molar-refractivity contribution < 1.29 is 14.3 Å². The lowest BCUT2D eigenvalue weighted by Crippen LogP contribution is -2.22. The molecule has 1 amide bonds. The summed E-state index contributed by atoms with van der Waals surface area (Å²) in [6.07, 6.45) is 0.200. The number of ether oxygens (including phenoxy) is 1. The minimum absolute atomic E-state index is 0.0133. The third-order valence-electron chi connectivity index (χ3n) is 5.26. The Balaban J connectivity index is 1.78. The zero-order chi connectivity index (χ0) is 21.3. The predicted octanol–water partition coefficient (Wildman–Crippen LogP) is 4.32. The molecule has 152 valence electrons. The normalized spacial score (nSPS) is 11.9. The van der Waals surface area contributed by atoms with Gasteiger partial charge in [-0.05, 0) is 53.4 Å². The second-order valence-electron chi connectivity index (χ2n) is 7.27. The van der Waals surface area contributed by atoms with E-state index in [1.165, 1.54) is 18.4 Å². The summed E-state index contributed by atoms with van der Waals surface area (Å²) in [5.41, 5.74) is 4.09.